The average molecular weight is 229 g/mol. The number of hydrogen-bond acceptors (Lipinski definition) is 1. The van der Waals surface area contributed by atoms with Crippen molar-refractivity contribution in [1.82, 2.24) is 5.32 Å². The van der Waals surface area contributed by atoms with E-state index in [1.165, 1.54) is 30.4 Å². The molecule has 1 aliphatic carbocycles. The van der Waals surface area contributed by atoms with Gasteiger partial charge >= 0.3 is 0 Å². The van der Waals surface area contributed by atoms with E-state index in [2.05, 4.69) is 50.4 Å². The zero-order valence-electron chi connectivity index (χ0n) is 11.2. The highest BCUT2D eigenvalue weighted by atomic mass is 14.9. The fourth-order valence-corrected chi connectivity index (χ4v) is 2.42. The largest absolute Gasteiger partial charge is 0.307 e. The minimum absolute atomic E-state index is 0.441. The Hall–Kier alpha value is -1.08. The van der Waals surface area contributed by atoms with E-state index < -0.39 is 0 Å². The molecule has 0 heterocycles. The van der Waals surface area contributed by atoms with Gasteiger partial charge in [0.2, 0.25) is 0 Å². The first-order valence-electron chi connectivity index (χ1n) is 6.65. The van der Waals surface area contributed by atoms with Gasteiger partial charge in [-0.2, -0.15) is 0 Å². The van der Waals surface area contributed by atoms with E-state index in [1.54, 1.807) is 11.1 Å². The summed E-state index contributed by atoms with van der Waals surface area (Å²) >= 11 is 0. The van der Waals surface area contributed by atoms with Gasteiger partial charge in [-0.25, -0.2) is 0 Å². The third kappa shape index (κ3) is 3.19. The van der Waals surface area contributed by atoms with E-state index >= 15 is 0 Å². The van der Waals surface area contributed by atoms with Gasteiger partial charge in [0.1, 0.15) is 0 Å². The highest BCUT2D eigenvalue weighted by Crippen LogP contribution is 2.25. The van der Waals surface area contributed by atoms with Crippen molar-refractivity contribution in [2.75, 3.05) is 6.54 Å². The highest BCUT2D eigenvalue weighted by Gasteiger charge is 2.12. The summed E-state index contributed by atoms with van der Waals surface area (Å²) in [6.45, 7) is 7.49. The summed E-state index contributed by atoms with van der Waals surface area (Å²) in [6, 6.07) is 7.43. The van der Waals surface area contributed by atoms with Crippen LogP contribution in [0.15, 0.2) is 29.8 Å². The number of nitrogens with one attached hydrogen (secondary N) is 1. The fourth-order valence-electron chi connectivity index (χ4n) is 2.42. The van der Waals surface area contributed by atoms with Crippen molar-refractivity contribution in [3.63, 3.8) is 0 Å². The van der Waals surface area contributed by atoms with E-state index in [0.29, 0.717) is 6.04 Å². The lowest BCUT2D eigenvalue weighted by atomic mass is 10.0. The van der Waals surface area contributed by atoms with Gasteiger partial charge in [-0.3, -0.25) is 0 Å². The van der Waals surface area contributed by atoms with Crippen LogP contribution in [0.2, 0.25) is 0 Å². The summed E-state index contributed by atoms with van der Waals surface area (Å²) in [7, 11) is 0. The summed E-state index contributed by atoms with van der Waals surface area (Å²) < 4.78 is 0. The standard InChI is InChI=1S/C16H23N/c1-12(2)9-10-17-13(3)15-8-7-14-5-4-6-16(14)11-15/h7-9,11,13,17H,4-6,10H2,1-3H3. The molecule has 1 heteroatoms. The van der Waals surface area contributed by atoms with Crippen LogP contribution in [0.5, 0.6) is 0 Å². The van der Waals surface area contributed by atoms with Gasteiger partial charge in [0.15, 0.2) is 0 Å². The maximum absolute atomic E-state index is 3.55. The Kier molecular flexibility index (Phi) is 4.01. The number of rotatable bonds is 4. The van der Waals surface area contributed by atoms with Crippen molar-refractivity contribution in [2.24, 2.45) is 0 Å². The van der Waals surface area contributed by atoms with E-state index in [0.717, 1.165) is 6.54 Å². The molecule has 0 saturated carbocycles. The first-order valence-corrected chi connectivity index (χ1v) is 6.65. The zero-order chi connectivity index (χ0) is 12.3. The summed E-state index contributed by atoms with van der Waals surface area (Å²) in [5.41, 5.74) is 5.93. The molecular weight excluding hydrogens is 206 g/mol. The van der Waals surface area contributed by atoms with Crippen LogP contribution < -0.4 is 5.32 Å². The van der Waals surface area contributed by atoms with E-state index in [-0.39, 0.29) is 0 Å². The third-order valence-electron chi connectivity index (χ3n) is 3.56. The average Bonchev–Trinajstić information content (AvgIpc) is 2.75. The second-order valence-corrected chi connectivity index (χ2v) is 5.29. The number of aryl methyl sites for hydroxylation is 2. The monoisotopic (exact) mass is 229 g/mol. The van der Waals surface area contributed by atoms with Gasteiger partial charge < -0.3 is 5.32 Å². The van der Waals surface area contributed by atoms with Crippen molar-refractivity contribution in [2.45, 2.75) is 46.1 Å². The Balaban J connectivity index is 1.99. The SMILES string of the molecule is CC(C)=CCNC(C)c1ccc2c(c1)CCC2. The second kappa shape index (κ2) is 5.50. The van der Waals surface area contributed by atoms with Gasteiger partial charge in [0.25, 0.3) is 0 Å². The minimum Gasteiger partial charge on any atom is -0.307 e. The second-order valence-electron chi connectivity index (χ2n) is 5.29. The summed E-state index contributed by atoms with van der Waals surface area (Å²) in [6.07, 6.45) is 6.11. The van der Waals surface area contributed by atoms with Crippen molar-refractivity contribution in [1.29, 1.82) is 0 Å². The van der Waals surface area contributed by atoms with Crippen LogP contribution in [-0.4, -0.2) is 6.54 Å². The fraction of sp³-hybridized carbons (Fsp3) is 0.500. The van der Waals surface area contributed by atoms with Crippen LogP contribution >= 0.6 is 0 Å². The minimum atomic E-state index is 0.441. The van der Waals surface area contributed by atoms with E-state index in [4.69, 9.17) is 0 Å². The molecule has 0 amide bonds. The molecule has 1 aliphatic rings. The van der Waals surface area contributed by atoms with Crippen LogP contribution in [0.4, 0.5) is 0 Å². The van der Waals surface area contributed by atoms with Crippen LogP contribution in [0.3, 0.4) is 0 Å². The maximum Gasteiger partial charge on any atom is 0.0294 e. The van der Waals surface area contributed by atoms with E-state index in [1.807, 2.05) is 0 Å². The quantitative estimate of drug-likeness (QED) is 0.775. The number of fused-ring (bicyclic) bond motifs is 1. The normalized spacial score (nSPS) is 15.5. The molecule has 0 aliphatic heterocycles. The summed E-state index contributed by atoms with van der Waals surface area (Å²) in [5.74, 6) is 0. The van der Waals surface area contributed by atoms with Crippen LogP contribution in [0.25, 0.3) is 0 Å². The Morgan fingerprint density at radius 3 is 2.82 bits per heavy atom. The Labute approximate surface area is 105 Å². The lowest BCUT2D eigenvalue weighted by Gasteiger charge is -2.14. The highest BCUT2D eigenvalue weighted by molar-refractivity contribution is 5.36. The molecule has 0 aromatic heterocycles. The molecule has 1 aromatic rings. The molecule has 2 rings (SSSR count). The zero-order valence-corrected chi connectivity index (χ0v) is 11.2. The lowest BCUT2D eigenvalue weighted by molar-refractivity contribution is 0.615. The number of allylic oxidation sites excluding steroid dienone is 1. The Bertz CT molecular complexity index is 414. The van der Waals surface area contributed by atoms with Crippen LogP contribution in [-0.2, 0) is 12.8 Å². The molecule has 0 bridgehead atoms. The van der Waals surface area contributed by atoms with Crippen molar-refractivity contribution >= 4 is 0 Å². The van der Waals surface area contributed by atoms with Gasteiger partial charge in [0.05, 0.1) is 0 Å². The molecule has 0 fully saturated rings. The summed E-state index contributed by atoms with van der Waals surface area (Å²) in [5, 5.41) is 3.55. The Morgan fingerprint density at radius 1 is 1.29 bits per heavy atom. The van der Waals surface area contributed by atoms with Crippen molar-refractivity contribution < 1.29 is 0 Å². The molecule has 1 unspecified atom stereocenters. The molecule has 1 atom stereocenters. The molecule has 17 heavy (non-hydrogen) atoms. The predicted octanol–water partition coefficient (Wildman–Crippen LogP) is 3.79. The molecule has 0 radical (unpaired) electrons. The smallest absolute Gasteiger partial charge is 0.0294 e. The van der Waals surface area contributed by atoms with Gasteiger partial charge in [0, 0.05) is 12.6 Å². The molecule has 1 N–H and O–H groups in total. The third-order valence-corrected chi connectivity index (χ3v) is 3.56. The number of benzene rings is 1. The van der Waals surface area contributed by atoms with Crippen molar-refractivity contribution in [3.05, 3.63) is 46.5 Å². The molecule has 92 valence electrons. The lowest BCUT2D eigenvalue weighted by Crippen LogP contribution is -2.18. The van der Waals surface area contributed by atoms with E-state index in [9.17, 15) is 0 Å². The van der Waals surface area contributed by atoms with Crippen molar-refractivity contribution in [3.8, 4) is 0 Å². The maximum atomic E-state index is 3.55. The van der Waals surface area contributed by atoms with Crippen LogP contribution in [0, 0.1) is 0 Å². The molecular formula is C16H23N. The molecule has 1 nitrogen and oxygen atoms in total. The Morgan fingerprint density at radius 2 is 2.06 bits per heavy atom. The molecule has 0 spiro atoms. The molecule has 1 aromatic carbocycles. The van der Waals surface area contributed by atoms with Gasteiger partial charge in [-0.05, 0) is 56.7 Å². The van der Waals surface area contributed by atoms with Crippen LogP contribution in [0.1, 0.15) is 49.9 Å². The first kappa shape index (κ1) is 12.4. The first-order chi connectivity index (χ1) is 8.16. The predicted molar refractivity (Wildman–Crippen MR) is 74.3 cm³/mol. The summed E-state index contributed by atoms with van der Waals surface area (Å²) in [4.78, 5) is 0. The molecule has 0 saturated heterocycles. The van der Waals surface area contributed by atoms with Gasteiger partial charge in [-0.15, -0.1) is 0 Å². The van der Waals surface area contributed by atoms with Gasteiger partial charge in [-0.1, -0.05) is 29.8 Å². The topological polar surface area (TPSA) is 12.0 Å². The number of hydrogen-bond donors (Lipinski definition) is 1.